The molecule has 1 saturated heterocycles. The Labute approximate surface area is 267 Å². The van der Waals surface area contributed by atoms with E-state index < -0.39 is 11.1 Å². The van der Waals surface area contributed by atoms with Gasteiger partial charge in [0.15, 0.2) is 0 Å². The number of hydrogen-bond donors (Lipinski definition) is 0. The molecule has 0 radical (unpaired) electrons. The van der Waals surface area contributed by atoms with Crippen molar-refractivity contribution in [2.45, 2.75) is 25.7 Å². The van der Waals surface area contributed by atoms with Crippen LogP contribution in [0.25, 0.3) is 5.57 Å². The molecule has 2 aliphatic rings. The molecule has 2 aromatic carbocycles. The Kier molecular flexibility index (Phi) is 11.0. The molecule has 2 heterocycles. The van der Waals surface area contributed by atoms with Gasteiger partial charge in [0, 0.05) is 53.5 Å². The van der Waals surface area contributed by atoms with Crippen LogP contribution in [0.2, 0.25) is 5.02 Å². The number of nitro benzene ring substituents is 1. The summed E-state index contributed by atoms with van der Waals surface area (Å²) in [7, 11) is 3.00. The number of ether oxygens (including phenoxy) is 3. The average molecular weight is 656 g/mol. The van der Waals surface area contributed by atoms with Crippen molar-refractivity contribution < 1.29 is 28.7 Å². The maximum Gasteiger partial charge on any atom is 0.513 e. The normalized spacial score (nSPS) is 14.2. The molecular weight excluding hydrogens is 626 g/mol. The minimum atomic E-state index is -0.883. The molecule has 1 amide bonds. The van der Waals surface area contributed by atoms with Crippen molar-refractivity contribution in [2.75, 3.05) is 37.8 Å². The molecule has 5 rings (SSSR count). The van der Waals surface area contributed by atoms with Gasteiger partial charge in [-0.25, -0.2) is 9.59 Å². The number of fused-ring (bicyclic) bond motifs is 2. The zero-order valence-corrected chi connectivity index (χ0v) is 26.1. The van der Waals surface area contributed by atoms with Crippen molar-refractivity contribution in [1.82, 2.24) is 9.88 Å². The van der Waals surface area contributed by atoms with E-state index in [9.17, 15) is 19.7 Å². The van der Waals surface area contributed by atoms with Gasteiger partial charge in [0.1, 0.15) is 19.0 Å². The molecule has 0 saturated carbocycles. The first-order chi connectivity index (χ1) is 21.4. The largest absolute Gasteiger partial charge is 0.513 e. The van der Waals surface area contributed by atoms with Crippen LogP contribution >= 0.6 is 33.2 Å². The SMILES string of the molecule is O=C(OCCSSCCOC(=O)N1CCC(=C2c3ccc(Cl)cc3CCc3cccnc32)CC1)Oc1ccc([N+](=O)[O-])cc1. The Morgan fingerprint density at radius 1 is 0.932 bits per heavy atom. The molecule has 10 nitrogen and oxygen atoms in total. The first-order valence-corrected chi connectivity index (χ1v) is 17.0. The number of nitrogens with zero attached hydrogens (tertiary/aromatic N) is 3. The number of piperidine rings is 1. The van der Waals surface area contributed by atoms with Crippen LogP contribution in [-0.4, -0.2) is 64.9 Å². The zero-order chi connectivity index (χ0) is 30.9. The highest BCUT2D eigenvalue weighted by molar-refractivity contribution is 8.76. The number of benzene rings is 2. The third-order valence-electron chi connectivity index (χ3n) is 7.22. The number of aryl methyl sites for hydroxylation is 2. The first kappa shape index (κ1) is 31.7. The lowest BCUT2D eigenvalue weighted by Crippen LogP contribution is -2.37. The van der Waals surface area contributed by atoms with Crippen LogP contribution in [-0.2, 0) is 22.3 Å². The number of nitro groups is 1. The van der Waals surface area contributed by atoms with Crippen LogP contribution in [0.4, 0.5) is 15.3 Å². The summed E-state index contributed by atoms with van der Waals surface area (Å²) < 4.78 is 15.5. The van der Waals surface area contributed by atoms with Crippen molar-refractivity contribution >= 4 is 56.7 Å². The number of carbonyl (C=O) groups is 2. The molecule has 0 spiro atoms. The van der Waals surface area contributed by atoms with Gasteiger partial charge in [0.2, 0.25) is 0 Å². The van der Waals surface area contributed by atoms with E-state index >= 15 is 0 Å². The predicted octanol–water partition coefficient (Wildman–Crippen LogP) is 7.37. The van der Waals surface area contributed by atoms with E-state index in [0.717, 1.165) is 36.4 Å². The van der Waals surface area contributed by atoms with Gasteiger partial charge in [0.05, 0.1) is 10.6 Å². The highest BCUT2D eigenvalue weighted by Gasteiger charge is 2.27. The van der Waals surface area contributed by atoms with Crippen LogP contribution < -0.4 is 4.74 Å². The van der Waals surface area contributed by atoms with Crippen molar-refractivity contribution in [3.63, 3.8) is 0 Å². The summed E-state index contributed by atoms with van der Waals surface area (Å²) in [5, 5.41) is 11.4. The van der Waals surface area contributed by atoms with Gasteiger partial charge < -0.3 is 19.1 Å². The van der Waals surface area contributed by atoms with Gasteiger partial charge in [-0.1, -0.05) is 50.9 Å². The molecule has 0 N–H and O–H groups in total. The van der Waals surface area contributed by atoms with Crippen LogP contribution in [0.15, 0.2) is 66.4 Å². The molecule has 0 atom stereocenters. The van der Waals surface area contributed by atoms with Gasteiger partial charge in [-0.05, 0) is 72.7 Å². The smallest absolute Gasteiger partial charge is 0.449 e. The molecule has 1 aliphatic carbocycles. The molecule has 230 valence electrons. The fraction of sp³-hybridized carbons (Fsp3) is 0.323. The second-order valence-electron chi connectivity index (χ2n) is 9.99. The van der Waals surface area contributed by atoms with Crippen molar-refractivity contribution in [2.24, 2.45) is 0 Å². The van der Waals surface area contributed by atoms with E-state index in [4.69, 9.17) is 30.8 Å². The fourth-order valence-electron chi connectivity index (χ4n) is 5.14. The quantitative estimate of drug-likeness (QED) is 0.0577. The van der Waals surface area contributed by atoms with Gasteiger partial charge in [-0.15, -0.1) is 0 Å². The van der Waals surface area contributed by atoms with E-state index in [-0.39, 0.29) is 30.7 Å². The van der Waals surface area contributed by atoms with Gasteiger partial charge in [-0.2, -0.15) is 0 Å². The number of non-ortho nitro benzene ring substituents is 1. The molecule has 0 bridgehead atoms. The van der Waals surface area contributed by atoms with Crippen LogP contribution in [0.5, 0.6) is 5.75 Å². The molecule has 1 fully saturated rings. The van der Waals surface area contributed by atoms with Crippen LogP contribution in [0.1, 0.15) is 35.2 Å². The Balaban J connectivity index is 1.02. The third kappa shape index (κ3) is 8.25. The topological polar surface area (TPSA) is 121 Å². The summed E-state index contributed by atoms with van der Waals surface area (Å²) in [5.41, 5.74) is 7.04. The third-order valence-corrected chi connectivity index (χ3v) is 9.79. The second kappa shape index (κ2) is 15.3. The lowest BCUT2D eigenvalue weighted by molar-refractivity contribution is -0.384. The molecule has 44 heavy (non-hydrogen) atoms. The standard InChI is InChI=1S/C31H30ClN3O7S2/c32-24-5-10-27-23(20-24)4-3-22-2-1-13-33-29(22)28(27)21-11-14-34(15-12-21)30(36)40-16-18-43-44-19-17-41-31(37)42-26-8-6-25(7-9-26)35(38)39/h1-2,5-10,13,20H,3-4,11-12,14-19H2. The van der Waals surface area contributed by atoms with E-state index in [1.54, 1.807) is 4.90 Å². The number of halogens is 1. The minimum absolute atomic E-state index is 0.0976. The van der Waals surface area contributed by atoms with E-state index in [1.165, 1.54) is 73.7 Å². The summed E-state index contributed by atoms with van der Waals surface area (Å²) >= 11 is 6.33. The Hall–Kier alpha value is -3.74. The van der Waals surface area contributed by atoms with Crippen molar-refractivity contribution in [1.29, 1.82) is 0 Å². The van der Waals surface area contributed by atoms with Gasteiger partial charge >= 0.3 is 12.2 Å². The van der Waals surface area contributed by atoms with Crippen LogP contribution in [0, 0.1) is 10.1 Å². The minimum Gasteiger partial charge on any atom is -0.449 e. The summed E-state index contributed by atoms with van der Waals surface area (Å²) in [6.45, 7) is 1.57. The highest BCUT2D eigenvalue weighted by Crippen LogP contribution is 2.38. The zero-order valence-electron chi connectivity index (χ0n) is 23.7. The molecule has 3 aromatic rings. The van der Waals surface area contributed by atoms with E-state index in [2.05, 4.69) is 18.2 Å². The number of carbonyl (C=O) groups excluding carboxylic acids is 2. The number of rotatable bonds is 9. The van der Waals surface area contributed by atoms with Crippen molar-refractivity contribution in [3.05, 3.63) is 104 Å². The number of aromatic nitrogens is 1. The monoisotopic (exact) mass is 655 g/mol. The van der Waals surface area contributed by atoms with Gasteiger partial charge in [0.25, 0.3) is 5.69 Å². The average Bonchev–Trinajstić information content (AvgIpc) is 3.19. The second-order valence-corrected chi connectivity index (χ2v) is 13.1. The predicted molar refractivity (Wildman–Crippen MR) is 171 cm³/mol. The first-order valence-electron chi connectivity index (χ1n) is 14.1. The Morgan fingerprint density at radius 2 is 1.64 bits per heavy atom. The molecule has 0 unspecified atom stereocenters. The Morgan fingerprint density at radius 3 is 2.36 bits per heavy atom. The fourth-order valence-corrected chi connectivity index (χ4v) is 6.98. The molecule has 1 aliphatic heterocycles. The summed E-state index contributed by atoms with van der Waals surface area (Å²) in [6, 6.07) is 15.4. The lowest BCUT2D eigenvalue weighted by Gasteiger charge is -2.29. The highest BCUT2D eigenvalue weighted by atomic mass is 35.5. The van der Waals surface area contributed by atoms with E-state index in [1.807, 2.05) is 18.3 Å². The van der Waals surface area contributed by atoms with E-state index in [0.29, 0.717) is 24.6 Å². The summed E-state index contributed by atoms with van der Waals surface area (Å²) in [5.74, 6) is 1.27. The van der Waals surface area contributed by atoms with Crippen molar-refractivity contribution in [3.8, 4) is 5.75 Å². The summed E-state index contributed by atoms with van der Waals surface area (Å²) in [4.78, 5) is 41.2. The molecule has 1 aromatic heterocycles. The lowest BCUT2D eigenvalue weighted by atomic mass is 9.88. The molecule has 13 heteroatoms. The van der Waals surface area contributed by atoms with Crippen LogP contribution in [0.3, 0.4) is 0 Å². The maximum absolute atomic E-state index is 12.7. The number of hydrogen-bond acceptors (Lipinski definition) is 10. The summed E-state index contributed by atoms with van der Waals surface area (Å²) in [6.07, 6.45) is 3.96. The number of pyridine rings is 1. The number of amides is 1. The van der Waals surface area contributed by atoms with Gasteiger partial charge in [-0.3, -0.25) is 15.1 Å². The maximum atomic E-state index is 12.7. The Bertz CT molecular complexity index is 1540. The molecular formula is C31H30ClN3O7S2. The number of likely N-dealkylation sites (tertiary alicyclic amines) is 1.